The van der Waals surface area contributed by atoms with Gasteiger partial charge < -0.3 is 5.11 Å². The minimum absolute atomic E-state index is 0.0142. The zero-order chi connectivity index (χ0) is 14.0. The van der Waals surface area contributed by atoms with E-state index in [0.29, 0.717) is 19.0 Å². The van der Waals surface area contributed by atoms with Crippen molar-refractivity contribution in [3.8, 4) is 5.75 Å². The van der Waals surface area contributed by atoms with Crippen LogP contribution in [-0.2, 0) is 10.2 Å². The van der Waals surface area contributed by atoms with Gasteiger partial charge in [0.1, 0.15) is 11.6 Å². The number of phenols is 1. The van der Waals surface area contributed by atoms with Crippen LogP contribution in [0.2, 0.25) is 0 Å². The maximum Gasteiger partial charge on any atom is 0.301 e. The van der Waals surface area contributed by atoms with Crippen molar-refractivity contribution in [3.63, 3.8) is 0 Å². The van der Waals surface area contributed by atoms with Gasteiger partial charge in [0.2, 0.25) is 0 Å². The molecular formula is C12H17FN2O3S. The van der Waals surface area contributed by atoms with Crippen molar-refractivity contribution in [3.05, 3.63) is 24.0 Å². The Morgan fingerprint density at radius 3 is 2.84 bits per heavy atom. The highest BCUT2D eigenvalue weighted by molar-refractivity contribution is 7.90. The molecule has 0 amide bonds. The Labute approximate surface area is 112 Å². The molecule has 0 spiro atoms. The maximum atomic E-state index is 12.8. The molecule has 19 heavy (non-hydrogen) atoms. The minimum Gasteiger partial charge on any atom is -0.506 e. The predicted molar refractivity (Wildman–Crippen MR) is 70.6 cm³/mol. The number of piperidine rings is 1. The van der Waals surface area contributed by atoms with E-state index in [1.807, 2.05) is 6.92 Å². The Hall–Kier alpha value is -1.34. The molecule has 1 fully saturated rings. The molecule has 1 unspecified atom stereocenters. The molecule has 1 aliphatic heterocycles. The molecule has 5 nitrogen and oxygen atoms in total. The Balaban J connectivity index is 2.16. The Morgan fingerprint density at radius 1 is 1.47 bits per heavy atom. The number of nitrogens with zero attached hydrogens (tertiary/aromatic N) is 1. The molecule has 1 saturated heterocycles. The first-order valence-corrected chi connectivity index (χ1v) is 7.59. The molecule has 0 aromatic heterocycles. The Morgan fingerprint density at radius 2 is 2.21 bits per heavy atom. The lowest BCUT2D eigenvalue weighted by Gasteiger charge is -2.30. The highest BCUT2D eigenvalue weighted by Gasteiger charge is 2.27. The third-order valence-electron chi connectivity index (χ3n) is 3.16. The van der Waals surface area contributed by atoms with Gasteiger partial charge in [0.25, 0.3) is 0 Å². The summed E-state index contributed by atoms with van der Waals surface area (Å²) in [7, 11) is -3.70. The van der Waals surface area contributed by atoms with Crippen molar-refractivity contribution < 1.29 is 17.9 Å². The fourth-order valence-corrected chi connectivity index (χ4v) is 3.56. The summed E-state index contributed by atoms with van der Waals surface area (Å²) in [5, 5.41) is 9.52. The predicted octanol–water partition coefficient (Wildman–Crippen LogP) is 1.92. The summed E-state index contributed by atoms with van der Waals surface area (Å²) in [6.45, 7) is 2.91. The normalized spacial score (nSPS) is 21.3. The number of aromatic hydroxyl groups is 1. The van der Waals surface area contributed by atoms with Gasteiger partial charge in [0.05, 0.1) is 5.69 Å². The summed E-state index contributed by atoms with van der Waals surface area (Å²) in [5.74, 6) is -0.729. The van der Waals surface area contributed by atoms with E-state index in [-0.39, 0.29) is 5.69 Å². The number of phenolic OH excluding ortho intramolecular Hbond substituents is 1. The SMILES string of the molecule is CC1CCCN(S(=O)(=O)Nc2ccc(F)cc2O)C1. The molecule has 2 N–H and O–H groups in total. The van der Waals surface area contributed by atoms with Crippen molar-refractivity contribution in [2.24, 2.45) is 5.92 Å². The first-order chi connectivity index (χ1) is 8.88. The number of anilines is 1. The van der Waals surface area contributed by atoms with Crippen LogP contribution in [0.4, 0.5) is 10.1 Å². The topological polar surface area (TPSA) is 69.6 Å². The molecular weight excluding hydrogens is 271 g/mol. The van der Waals surface area contributed by atoms with Gasteiger partial charge in [-0.15, -0.1) is 0 Å². The second-order valence-corrected chi connectivity index (χ2v) is 6.54. The molecule has 0 aliphatic carbocycles. The zero-order valence-corrected chi connectivity index (χ0v) is 11.5. The van der Waals surface area contributed by atoms with E-state index in [1.165, 1.54) is 10.4 Å². The number of nitrogens with one attached hydrogen (secondary N) is 1. The molecule has 106 valence electrons. The van der Waals surface area contributed by atoms with Crippen LogP contribution in [0.15, 0.2) is 18.2 Å². The zero-order valence-electron chi connectivity index (χ0n) is 10.6. The van der Waals surface area contributed by atoms with Gasteiger partial charge in [-0.25, -0.2) is 4.39 Å². The van der Waals surface area contributed by atoms with E-state index in [4.69, 9.17) is 0 Å². The Kier molecular flexibility index (Phi) is 3.96. The molecule has 2 rings (SSSR count). The van der Waals surface area contributed by atoms with Crippen molar-refractivity contribution in [1.29, 1.82) is 0 Å². The fraction of sp³-hybridized carbons (Fsp3) is 0.500. The minimum atomic E-state index is -3.70. The van der Waals surface area contributed by atoms with Crippen molar-refractivity contribution >= 4 is 15.9 Å². The second kappa shape index (κ2) is 5.34. The third kappa shape index (κ3) is 3.36. The lowest BCUT2D eigenvalue weighted by molar-refractivity contribution is 0.282. The quantitative estimate of drug-likeness (QED) is 0.835. The van der Waals surface area contributed by atoms with Crippen molar-refractivity contribution in [2.75, 3.05) is 17.8 Å². The number of halogens is 1. The van der Waals surface area contributed by atoms with Gasteiger partial charge in [0, 0.05) is 19.2 Å². The van der Waals surface area contributed by atoms with Gasteiger partial charge in [-0.2, -0.15) is 12.7 Å². The monoisotopic (exact) mass is 288 g/mol. The van der Waals surface area contributed by atoms with E-state index in [1.54, 1.807) is 0 Å². The largest absolute Gasteiger partial charge is 0.506 e. The van der Waals surface area contributed by atoms with Crippen LogP contribution in [0, 0.1) is 11.7 Å². The number of rotatable bonds is 3. The first kappa shape index (κ1) is 14.1. The summed E-state index contributed by atoms with van der Waals surface area (Å²) in [6.07, 6.45) is 1.82. The molecule has 0 radical (unpaired) electrons. The molecule has 0 saturated carbocycles. The number of hydrogen-bond donors (Lipinski definition) is 2. The van der Waals surface area contributed by atoms with Crippen LogP contribution in [0.1, 0.15) is 19.8 Å². The molecule has 0 bridgehead atoms. The van der Waals surface area contributed by atoms with Gasteiger partial charge in [0.15, 0.2) is 0 Å². The van der Waals surface area contributed by atoms with E-state index >= 15 is 0 Å². The highest BCUT2D eigenvalue weighted by atomic mass is 32.2. The smallest absolute Gasteiger partial charge is 0.301 e. The van der Waals surface area contributed by atoms with Crippen LogP contribution >= 0.6 is 0 Å². The van der Waals surface area contributed by atoms with Gasteiger partial charge in [-0.3, -0.25) is 4.72 Å². The van der Waals surface area contributed by atoms with E-state index in [2.05, 4.69) is 4.72 Å². The van der Waals surface area contributed by atoms with Crippen LogP contribution in [0.5, 0.6) is 5.75 Å². The van der Waals surface area contributed by atoms with E-state index < -0.39 is 21.8 Å². The summed E-state index contributed by atoms with van der Waals surface area (Å²) in [6, 6.07) is 3.17. The first-order valence-electron chi connectivity index (χ1n) is 6.15. The van der Waals surface area contributed by atoms with E-state index in [9.17, 15) is 17.9 Å². The van der Waals surface area contributed by atoms with E-state index in [0.717, 1.165) is 25.0 Å². The van der Waals surface area contributed by atoms with Crippen LogP contribution in [0.3, 0.4) is 0 Å². The number of hydrogen-bond acceptors (Lipinski definition) is 3. The van der Waals surface area contributed by atoms with Gasteiger partial charge in [-0.1, -0.05) is 6.92 Å². The summed E-state index contributed by atoms with van der Waals surface area (Å²) in [5.41, 5.74) is -0.0142. The lowest BCUT2D eigenvalue weighted by atomic mass is 10.0. The summed E-state index contributed by atoms with van der Waals surface area (Å²) >= 11 is 0. The second-order valence-electron chi connectivity index (χ2n) is 4.87. The number of benzene rings is 1. The van der Waals surface area contributed by atoms with Crippen LogP contribution < -0.4 is 4.72 Å². The standard InChI is InChI=1S/C12H17FN2O3S/c1-9-3-2-6-15(8-9)19(17,18)14-11-5-4-10(13)7-12(11)16/h4-5,7,9,14,16H,2-3,6,8H2,1H3. The molecule has 1 heterocycles. The lowest BCUT2D eigenvalue weighted by Crippen LogP contribution is -2.42. The maximum absolute atomic E-state index is 12.8. The highest BCUT2D eigenvalue weighted by Crippen LogP contribution is 2.26. The molecule has 1 aromatic carbocycles. The van der Waals surface area contributed by atoms with Crippen molar-refractivity contribution in [1.82, 2.24) is 4.31 Å². The van der Waals surface area contributed by atoms with Crippen LogP contribution in [-0.4, -0.2) is 30.9 Å². The third-order valence-corrected chi connectivity index (χ3v) is 4.65. The summed E-state index contributed by atoms with van der Waals surface area (Å²) < 4.78 is 40.8. The van der Waals surface area contributed by atoms with Gasteiger partial charge in [-0.05, 0) is 30.9 Å². The molecule has 1 aliphatic rings. The van der Waals surface area contributed by atoms with Crippen LogP contribution in [0.25, 0.3) is 0 Å². The molecule has 7 heteroatoms. The molecule has 1 atom stereocenters. The average molecular weight is 288 g/mol. The van der Waals surface area contributed by atoms with Gasteiger partial charge >= 0.3 is 10.2 Å². The Bertz CT molecular complexity index is 562. The van der Waals surface area contributed by atoms with Crippen molar-refractivity contribution in [2.45, 2.75) is 19.8 Å². The molecule has 1 aromatic rings. The average Bonchev–Trinajstić information content (AvgIpc) is 2.33. The fourth-order valence-electron chi connectivity index (χ4n) is 2.16. The summed E-state index contributed by atoms with van der Waals surface area (Å²) in [4.78, 5) is 0.